The van der Waals surface area contributed by atoms with E-state index in [0.717, 1.165) is 50.7 Å². The number of halogens is 3. The van der Waals surface area contributed by atoms with Crippen molar-refractivity contribution in [2.75, 3.05) is 12.4 Å². The third-order valence-electron chi connectivity index (χ3n) is 3.50. The van der Waals surface area contributed by atoms with Gasteiger partial charge in [0, 0.05) is 0 Å². The monoisotopic (exact) mass is 392 g/mol. The standard InChI is InChI=1S/C16H23F3O4S.Na.H/c17-16(18,19)14-8-10-15(11-9-14)23-12-6-4-2-1-3-5-7-13-24(20,21)22;;/h8-11H,1-7,12-13H2,(H,20,21,22);;/q;+1;-1. The number of benzene rings is 1. The average molecular weight is 392 g/mol. The van der Waals surface area contributed by atoms with E-state index in [0.29, 0.717) is 18.8 Å². The van der Waals surface area contributed by atoms with E-state index in [1.54, 1.807) is 0 Å². The van der Waals surface area contributed by atoms with Crippen LogP contribution in [-0.4, -0.2) is 25.3 Å². The smallest absolute Gasteiger partial charge is 1.00 e. The van der Waals surface area contributed by atoms with Crippen LogP contribution in [-0.2, 0) is 16.3 Å². The maximum absolute atomic E-state index is 12.4. The number of hydrogen-bond donors (Lipinski definition) is 1. The van der Waals surface area contributed by atoms with Crippen LogP contribution in [0.15, 0.2) is 24.3 Å². The van der Waals surface area contributed by atoms with Crippen LogP contribution in [0.25, 0.3) is 0 Å². The van der Waals surface area contributed by atoms with Crippen LogP contribution >= 0.6 is 0 Å². The van der Waals surface area contributed by atoms with Crippen LogP contribution in [0.3, 0.4) is 0 Å². The Morgan fingerprint density at radius 2 is 1.40 bits per heavy atom. The Morgan fingerprint density at radius 1 is 0.920 bits per heavy atom. The first-order valence-corrected chi connectivity index (χ1v) is 9.54. The normalized spacial score (nSPS) is 11.8. The minimum atomic E-state index is -4.33. The quantitative estimate of drug-likeness (QED) is 0.355. The van der Waals surface area contributed by atoms with Gasteiger partial charge >= 0.3 is 35.7 Å². The van der Waals surface area contributed by atoms with Crippen molar-refractivity contribution >= 4 is 10.1 Å². The molecule has 1 aromatic carbocycles. The Bertz CT molecular complexity index is 580. The van der Waals surface area contributed by atoms with E-state index in [1.165, 1.54) is 12.1 Å². The SMILES string of the molecule is O=S(=O)(O)CCCCCCCCCOc1ccc(C(F)(F)F)cc1.[H-].[Na+]. The molecule has 25 heavy (non-hydrogen) atoms. The Hall–Kier alpha value is -0.280. The first-order chi connectivity index (χ1) is 11.2. The van der Waals surface area contributed by atoms with Crippen molar-refractivity contribution in [1.82, 2.24) is 0 Å². The minimum absolute atomic E-state index is 0. The van der Waals surface area contributed by atoms with Crippen LogP contribution in [0.4, 0.5) is 13.2 Å². The maximum atomic E-state index is 12.4. The summed E-state index contributed by atoms with van der Waals surface area (Å²) in [5, 5.41) is 0. The minimum Gasteiger partial charge on any atom is -1.00 e. The molecule has 1 rings (SSSR count). The largest absolute Gasteiger partial charge is 1.00 e. The fraction of sp³-hybridized carbons (Fsp3) is 0.625. The van der Waals surface area contributed by atoms with Gasteiger partial charge in [0.1, 0.15) is 5.75 Å². The molecule has 1 aromatic rings. The molecule has 0 aliphatic heterocycles. The van der Waals surface area contributed by atoms with Gasteiger partial charge < -0.3 is 6.16 Å². The summed E-state index contributed by atoms with van der Waals surface area (Å²) in [7, 11) is -3.85. The number of rotatable bonds is 11. The van der Waals surface area contributed by atoms with E-state index in [1.807, 2.05) is 0 Å². The van der Waals surface area contributed by atoms with Crippen molar-refractivity contribution < 1.29 is 61.9 Å². The van der Waals surface area contributed by atoms with Crippen LogP contribution in [0, 0.1) is 0 Å². The third-order valence-corrected chi connectivity index (χ3v) is 4.30. The molecule has 4 nitrogen and oxygen atoms in total. The molecule has 0 aromatic heterocycles. The summed E-state index contributed by atoms with van der Waals surface area (Å²) < 4.78 is 72.2. The first kappa shape index (κ1) is 24.7. The Morgan fingerprint density at radius 3 is 1.88 bits per heavy atom. The molecular weight excluding hydrogens is 368 g/mol. The van der Waals surface area contributed by atoms with Gasteiger partial charge in [0.15, 0.2) is 0 Å². The summed E-state index contributed by atoms with van der Waals surface area (Å²) in [6.45, 7) is 0.453. The van der Waals surface area contributed by atoms with Gasteiger partial charge in [-0.25, -0.2) is 0 Å². The summed E-state index contributed by atoms with van der Waals surface area (Å²) in [5.41, 5.74) is -0.691. The maximum Gasteiger partial charge on any atom is 1.00 e. The molecule has 0 aliphatic carbocycles. The van der Waals surface area contributed by atoms with Crippen molar-refractivity contribution in [2.24, 2.45) is 0 Å². The topological polar surface area (TPSA) is 63.6 Å². The van der Waals surface area contributed by atoms with E-state index in [2.05, 4.69) is 0 Å². The molecule has 0 saturated heterocycles. The molecule has 9 heteroatoms. The zero-order valence-electron chi connectivity index (χ0n) is 15.4. The van der Waals surface area contributed by atoms with Crippen LogP contribution < -0.4 is 34.3 Å². The summed E-state index contributed by atoms with van der Waals surface area (Å²) in [4.78, 5) is 0. The second-order valence-corrected chi connectivity index (χ2v) is 7.20. The molecule has 0 atom stereocenters. The third kappa shape index (κ3) is 12.7. The molecule has 0 aliphatic rings. The molecule has 0 heterocycles. The number of unbranched alkanes of at least 4 members (excludes halogenated alkanes) is 6. The van der Waals surface area contributed by atoms with E-state index >= 15 is 0 Å². The van der Waals surface area contributed by atoms with Gasteiger partial charge in [-0.2, -0.15) is 21.6 Å². The molecule has 140 valence electrons. The second-order valence-electron chi connectivity index (χ2n) is 5.63. The molecule has 0 fully saturated rings. The van der Waals surface area contributed by atoms with E-state index in [-0.39, 0.29) is 36.7 Å². The predicted octanol–water partition coefficient (Wildman–Crippen LogP) is 1.82. The predicted molar refractivity (Wildman–Crippen MR) is 86.8 cm³/mol. The summed E-state index contributed by atoms with van der Waals surface area (Å²) in [5.74, 6) is 0.238. The van der Waals surface area contributed by atoms with E-state index in [9.17, 15) is 21.6 Å². The summed E-state index contributed by atoms with van der Waals surface area (Å²) in [6, 6.07) is 4.64. The second kappa shape index (κ2) is 12.2. The van der Waals surface area contributed by atoms with Crippen LogP contribution in [0.5, 0.6) is 5.75 Å². The Balaban J connectivity index is 0. The van der Waals surface area contributed by atoms with E-state index in [4.69, 9.17) is 9.29 Å². The summed E-state index contributed by atoms with van der Waals surface area (Å²) in [6.07, 6.45) is 1.53. The molecular formula is C16H24F3NaO4S. The van der Waals surface area contributed by atoms with Crippen molar-refractivity contribution in [1.29, 1.82) is 0 Å². The van der Waals surface area contributed by atoms with Gasteiger partial charge in [-0.05, 0) is 37.1 Å². The molecule has 0 spiro atoms. The van der Waals surface area contributed by atoms with E-state index < -0.39 is 21.9 Å². The zero-order chi connectivity index (χ0) is 18.1. The van der Waals surface area contributed by atoms with Gasteiger partial charge in [0.05, 0.1) is 17.9 Å². The Kier molecular flexibility index (Phi) is 12.0. The molecule has 0 unspecified atom stereocenters. The average Bonchev–Trinajstić information content (AvgIpc) is 2.47. The number of hydrogen-bond acceptors (Lipinski definition) is 3. The van der Waals surface area contributed by atoms with Crippen LogP contribution in [0.2, 0.25) is 0 Å². The van der Waals surface area contributed by atoms with Crippen LogP contribution in [0.1, 0.15) is 51.9 Å². The van der Waals surface area contributed by atoms with Crippen molar-refractivity contribution in [2.45, 2.75) is 51.1 Å². The first-order valence-electron chi connectivity index (χ1n) is 7.94. The van der Waals surface area contributed by atoms with Crippen molar-refractivity contribution in [3.63, 3.8) is 0 Å². The molecule has 1 N–H and O–H groups in total. The van der Waals surface area contributed by atoms with Crippen molar-refractivity contribution in [3.8, 4) is 5.75 Å². The van der Waals surface area contributed by atoms with Gasteiger partial charge in [-0.15, -0.1) is 0 Å². The number of ether oxygens (including phenoxy) is 1. The summed E-state index contributed by atoms with van der Waals surface area (Å²) >= 11 is 0. The zero-order valence-corrected chi connectivity index (χ0v) is 17.2. The van der Waals surface area contributed by atoms with Gasteiger partial charge in [-0.3, -0.25) is 4.55 Å². The van der Waals surface area contributed by atoms with Gasteiger partial charge in [0.25, 0.3) is 10.1 Å². The van der Waals surface area contributed by atoms with Gasteiger partial charge in [-0.1, -0.05) is 32.1 Å². The Labute approximate surface area is 170 Å². The molecule has 0 amide bonds. The fourth-order valence-electron chi connectivity index (χ4n) is 2.20. The molecule has 0 saturated carbocycles. The number of alkyl halides is 3. The van der Waals surface area contributed by atoms with Crippen molar-refractivity contribution in [3.05, 3.63) is 29.8 Å². The molecule has 0 bridgehead atoms. The molecule has 0 radical (unpaired) electrons. The fourth-order valence-corrected chi connectivity index (χ4v) is 2.77. The van der Waals surface area contributed by atoms with Gasteiger partial charge in [0.2, 0.25) is 0 Å².